The van der Waals surface area contributed by atoms with E-state index in [1.54, 1.807) is 29.3 Å². The van der Waals surface area contributed by atoms with Crippen LogP contribution < -0.4 is 10.1 Å². The van der Waals surface area contributed by atoms with Crippen molar-refractivity contribution in [3.63, 3.8) is 0 Å². The van der Waals surface area contributed by atoms with E-state index in [1.807, 2.05) is 26.0 Å². The van der Waals surface area contributed by atoms with Crippen molar-refractivity contribution in [3.8, 4) is 5.75 Å². The molecule has 0 bridgehead atoms. The van der Waals surface area contributed by atoms with E-state index in [0.29, 0.717) is 48.0 Å². The first kappa shape index (κ1) is 30.8. The molecule has 2 aromatic carbocycles. The van der Waals surface area contributed by atoms with Gasteiger partial charge in [0, 0.05) is 19.0 Å². The van der Waals surface area contributed by atoms with Crippen molar-refractivity contribution in [2.45, 2.75) is 69.9 Å². The van der Waals surface area contributed by atoms with Gasteiger partial charge in [-0.25, -0.2) is 9.78 Å². The highest BCUT2D eigenvalue weighted by molar-refractivity contribution is 7.13. The second-order valence-electron chi connectivity index (χ2n) is 12.2. The van der Waals surface area contributed by atoms with Gasteiger partial charge >= 0.3 is 11.9 Å². The van der Waals surface area contributed by atoms with Crippen LogP contribution >= 0.6 is 11.3 Å². The highest BCUT2D eigenvalue weighted by atomic mass is 32.1. The average molecular weight is 632 g/mol. The van der Waals surface area contributed by atoms with Gasteiger partial charge in [0.15, 0.2) is 0 Å². The number of likely N-dealkylation sites (tertiary alicyclic amines) is 1. The maximum absolute atomic E-state index is 13.2. The summed E-state index contributed by atoms with van der Waals surface area (Å²) in [6, 6.07) is 12.8. The molecule has 4 atom stereocenters. The monoisotopic (exact) mass is 631 g/mol. The van der Waals surface area contributed by atoms with E-state index in [-0.39, 0.29) is 42.3 Å². The lowest BCUT2D eigenvalue weighted by Crippen LogP contribution is -2.42. The van der Waals surface area contributed by atoms with Gasteiger partial charge in [-0.2, -0.15) is 0 Å². The van der Waals surface area contributed by atoms with Crippen LogP contribution in [-0.4, -0.2) is 64.5 Å². The first-order valence-corrected chi connectivity index (χ1v) is 16.3. The summed E-state index contributed by atoms with van der Waals surface area (Å²) in [5, 5.41) is 13.9. The highest BCUT2D eigenvalue weighted by Gasteiger charge is 2.36. The van der Waals surface area contributed by atoms with Crippen LogP contribution in [0, 0.1) is 12.8 Å². The minimum absolute atomic E-state index is 0.0735. The molecular formula is C34H37N3O7S. The second-order valence-corrected chi connectivity index (χ2v) is 13.5. The Labute approximate surface area is 265 Å². The molecule has 6 rings (SSSR count). The molecule has 3 heterocycles. The van der Waals surface area contributed by atoms with E-state index in [9.17, 15) is 24.3 Å². The number of nitrogens with one attached hydrogen (secondary N) is 1. The number of cyclic esters (lactones) is 1. The summed E-state index contributed by atoms with van der Waals surface area (Å²) in [4.78, 5) is 56.6. The number of esters is 1. The first-order valence-electron chi connectivity index (χ1n) is 15.5. The molecule has 236 valence electrons. The summed E-state index contributed by atoms with van der Waals surface area (Å²) >= 11 is 1.32. The number of carbonyl (C=O) groups excluding carboxylic acids is 3. The third-order valence-corrected chi connectivity index (χ3v) is 9.78. The molecule has 0 radical (unpaired) electrons. The van der Waals surface area contributed by atoms with Crippen LogP contribution in [0.4, 0.5) is 0 Å². The fourth-order valence-corrected chi connectivity index (χ4v) is 6.99. The molecule has 2 N–H and O–H groups in total. The average Bonchev–Trinajstić information content (AvgIpc) is 3.65. The fraction of sp³-hybridized carbons (Fsp3) is 0.441. The summed E-state index contributed by atoms with van der Waals surface area (Å²) in [6.45, 7) is 4.72. The molecular weight excluding hydrogens is 594 g/mol. The van der Waals surface area contributed by atoms with E-state index < -0.39 is 24.0 Å². The molecule has 1 aromatic heterocycles. The number of hydrogen-bond acceptors (Lipinski definition) is 8. The van der Waals surface area contributed by atoms with Crippen molar-refractivity contribution in [1.82, 2.24) is 15.2 Å². The van der Waals surface area contributed by atoms with E-state index >= 15 is 0 Å². The van der Waals surface area contributed by atoms with Crippen molar-refractivity contribution in [2.75, 3.05) is 19.7 Å². The number of aryl methyl sites for hydroxylation is 1. The lowest BCUT2D eigenvalue weighted by atomic mass is 9.86. The lowest BCUT2D eigenvalue weighted by molar-refractivity contribution is -0.138. The molecule has 3 fully saturated rings. The van der Waals surface area contributed by atoms with Crippen LogP contribution in [0.2, 0.25) is 0 Å². The number of carboxylic acids is 1. The summed E-state index contributed by atoms with van der Waals surface area (Å²) in [7, 11) is 0. The van der Waals surface area contributed by atoms with Crippen LogP contribution in [0.3, 0.4) is 0 Å². The number of rotatable bonds is 10. The Bertz CT molecular complexity index is 1600. The van der Waals surface area contributed by atoms with Crippen molar-refractivity contribution >= 4 is 35.1 Å². The zero-order valence-corrected chi connectivity index (χ0v) is 26.2. The summed E-state index contributed by atoms with van der Waals surface area (Å²) < 4.78 is 11.6. The molecule has 10 nitrogen and oxygen atoms in total. The standard InChI is InChI=1S/C34H37N3O7S/c1-19(36-32(39)29-16-35-20(2)45-29)31(23-9-7-22(8-10-23)21-5-6-21)44-26-11-12-27(34(41)42)28(15-26)24-4-3-13-37(17-24)33(40)25-14-30(38)43-18-25/h7-12,15-16,19,21,24-25,31H,3-6,13-14,17-18H2,1-2H3,(H,36,39)(H,41,42)/t19-,24+,25+,31-/m0/s1. The van der Waals surface area contributed by atoms with Gasteiger partial charge in [-0.15, -0.1) is 11.3 Å². The molecule has 1 aliphatic carbocycles. The number of aromatic nitrogens is 1. The molecule has 3 aliphatic rings. The zero-order chi connectivity index (χ0) is 31.7. The predicted octanol–water partition coefficient (Wildman–Crippen LogP) is 5.23. The van der Waals surface area contributed by atoms with E-state index in [4.69, 9.17) is 9.47 Å². The Balaban J connectivity index is 1.26. The third kappa shape index (κ3) is 7.03. The zero-order valence-electron chi connectivity index (χ0n) is 25.4. The summed E-state index contributed by atoms with van der Waals surface area (Å²) in [5.41, 5.74) is 2.93. The van der Waals surface area contributed by atoms with Crippen LogP contribution in [0.15, 0.2) is 48.7 Å². The van der Waals surface area contributed by atoms with Crippen LogP contribution in [0.5, 0.6) is 5.75 Å². The van der Waals surface area contributed by atoms with Crippen LogP contribution in [-0.2, 0) is 14.3 Å². The molecule has 2 amide bonds. The van der Waals surface area contributed by atoms with Gasteiger partial charge in [-0.3, -0.25) is 14.4 Å². The number of carboxylic acid groups (broad SMARTS) is 1. The van der Waals surface area contributed by atoms with Crippen LogP contribution in [0.25, 0.3) is 0 Å². The topological polar surface area (TPSA) is 135 Å². The number of carbonyl (C=O) groups is 4. The highest BCUT2D eigenvalue weighted by Crippen LogP contribution is 2.41. The molecule has 3 aromatic rings. The van der Waals surface area contributed by atoms with Gasteiger partial charge in [-0.1, -0.05) is 24.3 Å². The largest absolute Gasteiger partial charge is 0.484 e. The van der Waals surface area contributed by atoms with Gasteiger partial charge in [-0.05, 0) is 80.3 Å². The first-order chi connectivity index (χ1) is 21.7. The Morgan fingerprint density at radius 2 is 1.89 bits per heavy atom. The molecule has 11 heteroatoms. The number of aromatic carboxylic acids is 1. The minimum Gasteiger partial charge on any atom is -0.484 e. The Morgan fingerprint density at radius 3 is 2.53 bits per heavy atom. The summed E-state index contributed by atoms with van der Waals surface area (Å²) in [6.07, 6.45) is 4.87. The smallest absolute Gasteiger partial charge is 0.335 e. The van der Waals surface area contributed by atoms with Crippen molar-refractivity contribution in [3.05, 3.63) is 80.8 Å². The number of piperidine rings is 1. The molecule has 1 saturated carbocycles. The van der Waals surface area contributed by atoms with Gasteiger partial charge < -0.3 is 24.8 Å². The van der Waals surface area contributed by atoms with Gasteiger partial charge in [0.1, 0.15) is 23.3 Å². The molecule has 2 saturated heterocycles. The minimum atomic E-state index is -1.05. The van der Waals surface area contributed by atoms with Gasteiger partial charge in [0.2, 0.25) is 5.91 Å². The van der Waals surface area contributed by atoms with E-state index in [1.165, 1.54) is 29.7 Å². The Hall–Kier alpha value is -4.25. The third-order valence-electron chi connectivity index (χ3n) is 8.87. The van der Waals surface area contributed by atoms with Crippen molar-refractivity contribution < 1.29 is 33.8 Å². The molecule has 0 spiro atoms. The van der Waals surface area contributed by atoms with Gasteiger partial charge in [0.05, 0.1) is 35.1 Å². The normalized spacial score (nSPS) is 21.1. The maximum atomic E-state index is 13.2. The predicted molar refractivity (Wildman–Crippen MR) is 167 cm³/mol. The number of hydrogen-bond donors (Lipinski definition) is 2. The summed E-state index contributed by atoms with van der Waals surface area (Å²) in [5.74, 6) is -1.45. The molecule has 0 unspecified atom stereocenters. The number of ether oxygens (including phenoxy) is 2. The number of amides is 2. The number of thiazole rings is 1. The second kappa shape index (κ2) is 13.0. The van der Waals surface area contributed by atoms with Crippen molar-refractivity contribution in [1.29, 1.82) is 0 Å². The fourth-order valence-electron chi connectivity index (χ4n) is 6.31. The Morgan fingerprint density at radius 1 is 1.11 bits per heavy atom. The maximum Gasteiger partial charge on any atom is 0.335 e. The lowest BCUT2D eigenvalue weighted by Gasteiger charge is -2.35. The quantitative estimate of drug-likeness (QED) is 0.290. The van der Waals surface area contributed by atoms with Crippen LogP contribution in [0.1, 0.15) is 98.7 Å². The number of nitrogens with zero attached hydrogens (tertiary/aromatic N) is 2. The van der Waals surface area contributed by atoms with E-state index in [0.717, 1.165) is 10.6 Å². The Kier molecular flexibility index (Phi) is 8.89. The van der Waals surface area contributed by atoms with Gasteiger partial charge in [0.25, 0.3) is 5.91 Å². The molecule has 2 aliphatic heterocycles. The molecule has 45 heavy (non-hydrogen) atoms. The number of benzene rings is 2. The van der Waals surface area contributed by atoms with E-state index in [2.05, 4.69) is 22.4 Å². The SMILES string of the molecule is Cc1ncc(C(=O)N[C@@H](C)[C@H](Oc2ccc(C(=O)O)c([C@@H]3CCCN(C(=O)[C@H]4COC(=O)C4)C3)c2)c2ccc(C3CC3)cc2)s1. The van der Waals surface area contributed by atoms with Crippen molar-refractivity contribution in [2.24, 2.45) is 5.92 Å².